The van der Waals surface area contributed by atoms with Crippen LogP contribution in [0.15, 0.2) is 28.7 Å². The van der Waals surface area contributed by atoms with Gasteiger partial charge >= 0.3 is 5.91 Å². The zero-order valence-electron chi connectivity index (χ0n) is 15.3. The summed E-state index contributed by atoms with van der Waals surface area (Å²) < 4.78 is 15.8. The maximum absolute atomic E-state index is 12.0. The molecule has 7 nitrogen and oxygen atoms in total. The number of aromatic nitrogens is 1. The number of methoxy groups -OCH3 is 2. The molecule has 1 aliphatic rings. The van der Waals surface area contributed by atoms with Gasteiger partial charge in [-0.1, -0.05) is 12.1 Å². The van der Waals surface area contributed by atoms with Crippen molar-refractivity contribution < 1.29 is 18.7 Å². The molecule has 0 saturated heterocycles. The summed E-state index contributed by atoms with van der Waals surface area (Å²) in [7, 11) is 3.26. The van der Waals surface area contributed by atoms with Crippen molar-refractivity contribution in [3.8, 4) is 5.75 Å². The number of carbonyl (C=O) groups excluding carboxylic acids is 1. The molecule has 26 heavy (non-hydrogen) atoms. The third kappa shape index (κ3) is 4.62. The van der Waals surface area contributed by atoms with Gasteiger partial charge in [-0.2, -0.15) is 0 Å². The van der Waals surface area contributed by atoms with E-state index >= 15 is 0 Å². The van der Waals surface area contributed by atoms with Crippen LogP contribution in [0.25, 0.3) is 0 Å². The highest BCUT2D eigenvalue weighted by atomic mass is 16.5. The number of hydrogen-bond donors (Lipinski definition) is 1. The molecule has 0 saturated carbocycles. The Morgan fingerprint density at radius 1 is 1.23 bits per heavy atom. The average Bonchev–Trinajstić information content (AvgIpc) is 2.99. The molecule has 1 aromatic heterocycles. The van der Waals surface area contributed by atoms with Crippen LogP contribution < -0.4 is 10.1 Å². The number of carbonyl (C=O) groups is 1. The maximum Gasteiger partial charge on any atom is 0.307 e. The number of benzene rings is 1. The summed E-state index contributed by atoms with van der Waals surface area (Å²) in [6, 6.07) is 8.13. The molecule has 3 rings (SSSR count). The van der Waals surface area contributed by atoms with Crippen molar-refractivity contribution in [3.05, 3.63) is 47.2 Å². The fourth-order valence-electron chi connectivity index (χ4n) is 3.00. The monoisotopic (exact) mass is 359 g/mol. The smallest absolute Gasteiger partial charge is 0.307 e. The minimum Gasteiger partial charge on any atom is -0.497 e. The molecule has 7 heteroatoms. The Bertz CT molecular complexity index is 701. The second-order valence-electron chi connectivity index (χ2n) is 6.26. The SMILES string of the molecule is COCCNC(=O)c1nc2c(o1)CCN(Cc1ccc(OC)cc1)CC2. The largest absolute Gasteiger partial charge is 0.497 e. The van der Waals surface area contributed by atoms with Crippen molar-refractivity contribution in [2.24, 2.45) is 0 Å². The number of rotatable bonds is 7. The summed E-state index contributed by atoms with van der Waals surface area (Å²) >= 11 is 0. The van der Waals surface area contributed by atoms with Gasteiger partial charge in [0.1, 0.15) is 11.5 Å². The predicted molar refractivity (Wildman–Crippen MR) is 96.4 cm³/mol. The molecular formula is C19H25N3O4. The van der Waals surface area contributed by atoms with Crippen LogP contribution in [-0.2, 0) is 24.1 Å². The van der Waals surface area contributed by atoms with Crippen molar-refractivity contribution in [1.82, 2.24) is 15.2 Å². The lowest BCUT2D eigenvalue weighted by atomic mass is 10.2. The second-order valence-corrected chi connectivity index (χ2v) is 6.26. The number of nitrogens with one attached hydrogen (secondary N) is 1. The van der Waals surface area contributed by atoms with Crippen LogP contribution in [0.5, 0.6) is 5.75 Å². The van der Waals surface area contributed by atoms with Gasteiger partial charge in [0.2, 0.25) is 0 Å². The van der Waals surface area contributed by atoms with E-state index in [1.165, 1.54) is 5.56 Å². The van der Waals surface area contributed by atoms with Gasteiger partial charge in [-0.25, -0.2) is 4.98 Å². The number of oxazole rings is 1. The van der Waals surface area contributed by atoms with E-state index in [0.717, 1.165) is 49.7 Å². The van der Waals surface area contributed by atoms with E-state index in [1.54, 1.807) is 14.2 Å². The van der Waals surface area contributed by atoms with Gasteiger partial charge in [-0.15, -0.1) is 0 Å². The highest BCUT2D eigenvalue weighted by Gasteiger charge is 2.22. The summed E-state index contributed by atoms with van der Waals surface area (Å²) in [6.45, 7) is 3.54. The number of nitrogens with zero attached hydrogens (tertiary/aromatic N) is 2. The van der Waals surface area contributed by atoms with Crippen LogP contribution in [0, 0.1) is 0 Å². The van der Waals surface area contributed by atoms with Crippen molar-refractivity contribution in [2.75, 3.05) is 40.5 Å². The van der Waals surface area contributed by atoms with Gasteiger partial charge in [0, 0.05) is 46.1 Å². The topological polar surface area (TPSA) is 76.8 Å². The summed E-state index contributed by atoms with van der Waals surface area (Å²) in [5.41, 5.74) is 2.13. The summed E-state index contributed by atoms with van der Waals surface area (Å²) in [6.07, 6.45) is 1.53. The highest BCUT2D eigenvalue weighted by molar-refractivity contribution is 5.89. The Kier molecular flexibility index (Phi) is 6.25. The third-order valence-corrected chi connectivity index (χ3v) is 4.45. The highest BCUT2D eigenvalue weighted by Crippen LogP contribution is 2.19. The van der Waals surface area contributed by atoms with E-state index in [4.69, 9.17) is 13.9 Å². The van der Waals surface area contributed by atoms with Crippen LogP contribution in [0.2, 0.25) is 0 Å². The fourth-order valence-corrected chi connectivity index (χ4v) is 3.00. The van der Waals surface area contributed by atoms with E-state index in [1.807, 2.05) is 12.1 Å². The molecule has 0 radical (unpaired) electrons. The van der Waals surface area contributed by atoms with E-state index < -0.39 is 0 Å². The van der Waals surface area contributed by atoms with Gasteiger partial charge in [-0.3, -0.25) is 9.69 Å². The quantitative estimate of drug-likeness (QED) is 0.758. The lowest BCUT2D eigenvalue weighted by Crippen LogP contribution is -2.28. The van der Waals surface area contributed by atoms with Crippen LogP contribution in [0.1, 0.15) is 27.7 Å². The minimum atomic E-state index is -0.287. The number of ether oxygens (including phenoxy) is 2. The molecule has 1 amide bonds. The molecule has 2 heterocycles. The molecule has 0 unspecified atom stereocenters. The second kappa shape index (κ2) is 8.82. The molecule has 0 atom stereocenters. The first-order valence-corrected chi connectivity index (χ1v) is 8.80. The first kappa shape index (κ1) is 18.4. The fraction of sp³-hybridized carbons (Fsp3) is 0.474. The standard InChI is InChI=1S/C19H25N3O4/c1-24-12-9-20-18(23)19-21-16-7-10-22(11-8-17(16)26-19)13-14-3-5-15(25-2)6-4-14/h3-6H,7-13H2,1-2H3,(H,20,23). The van der Waals surface area contributed by atoms with Gasteiger partial charge in [-0.05, 0) is 17.7 Å². The minimum absolute atomic E-state index is 0.148. The van der Waals surface area contributed by atoms with Crippen molar-refractivity contribution in [2.45, 2.75) is 19.4 Å². The van der Waals surface area contributed by atoms with Gasteiger partial charge in [0.25, 0.3) is 5.89 Å². The number of amides is 1. The Balaban J connectivity index is 1.56. The molecule has 1 aromatic carbocycles. The summed E-state index contributed by atoms with van der Waals surface area (Å²) in [5, 5.41) is 2.73. The zero-order valence-corrected chi connectivity index (χ0v) is 15.3. The summed E-state index contributed by atoms with van der Waals surface area (Å²) in [4.78, 5) is 18.8. The van der Waals surface area contributed by atoms with Crippen LogP contribution in [0.3, 0.4) is 0 Å². The summed E-state index contributed by atoms with van der Waals surface area (Å²) in [5.74, 6) is 1.54. The molecule has 0 aliphatic carbocycles. The van der Waals surface area contributed by atoms with Crippen molar-refractivity contribution in [3.63, 3.8) is 0 Å². The Morgan fingerprint density at radius 2 is 2.00 bits per heavy atom. The van der Waals surface area contributed by atoms with Crippen molar-refractivity contribution in [1.29, 1.82) is 0 Å². The average molecular weight is 359 g/mol. The Hall–Kier alpha value is -2.38. The van der Waals surface area contributed by atoms with Gasteiger partial charge in [0.05, 0.1) is 19.4 Å². The molecule has 140 valence electrons. The lowest BCUT2D eigenvalue weighted by Gasteiger charge is -2.19. The molecule has 0 spiro atoms. The third-order valence-electron chi connectivity index (χ3n) is 4.45. The molecule has 0 bridgehead atoms. The van der Waals surface area contributed by atoms with E-state index in [9.17, 15) is 4.79 Å². The molecule has 1 N–H and O–H groups in total. The van der Waals surface area contributed by atoms with E-state index in [2.05, 4.69) is 27.3 Å². The normalized spacial score (nSPS) is 14.5. The first-order valence-electron chi connectivity index (χ1n) is 8.80. The number of fused-ring (bicyclic) bond motifs is 1. The van der Waals surface area contributed by atoms with Crippen molar-refractivity contribution >= 4 is 5.91 Å². The van der Waals surface area contributed by atoms with Crippen LogP contribution in [-0.4, -0.2) is 56.3 Å². The first-order chi connectivity index (χ1) is 12.7. The Morgan fingerprint density at radius 3 is 2.73 bits per heavy atom. The molecule has 1 aliphatic heterocycles. The number of hydrogen-bond acceptors (Lipinski definition) is 6. The van der Waals surface area contributed by atoms with Crippen LogP contribution in [0.4, 0.5) is 0 Å². The Labute approximate surface area is 153 Å². The van der Waals surface area contributed by atoms with E-state index in [0.29, 0.717) is 13.2 Å². The molecular weight excluding hydrogens is 334 g/mol. The van der Waals surface area contributed by atoms with E-state index in [-0.39, 0.29) is 11.8 Å². The van der Waals surface area contributed by atoms with Gasteiger partial charge < -0.3 is 19.2 Å². The van der Waals surface area contributed by atoms with Crippen LogP contribution >= 0.6 is 0 Å². The molecule has 2 aromatic rings. The van der Waals surface area contributed by atoms with Gasteiger partial charge in [0.15, 0.2) is 0 Å². The molecule has 0 fully saturated rings. The maximum atomic E-state index is 12.0. The zero-order chi connectivity index (χ0) is 18.4. The predicted octanol–water partition coefficient (Wildman–Crippen LogP) is 1.66. The lowest BCUT2D eigenvalue weighted by molar-refractivity contribution is 0.0900.